The van der Waals surface area contributed by atoms with Crippen LogP contribution in [0.1, 0.15) is 33.6 Å². The largest absolute Gasteiger partial charge is 0.343 e. The van der Waals surface area contributed by atoms with E-state index in [-0.39, 0.29) is 17.6 Å². The molecule has 0 N–H and O–H groups in total. The normalized spacial score (nSPS) is 18.8. The Morgan fingerprint density at radius 3 is 2.06 bits per heavy atom. The van der Waals surface area contributed by atoms with Crippen molar-refractivity contribution < 1.29 is 13.2 Å². The van der Waals surface area contributed by atoms with Crippen molar-refractivity contribution >= 4 is 15.9 Å². The van der Waals surface area contributed by atoms with Gasteiger partial charge in [0.2, 0.25) is 15.9 Å². The average molecular weight is 276 g/mol. The number of piperidine rings is 1. The predicted octanol–water partition coefficient (Wildman–Crippen LogP) is 0.916. The molecule has 106 valence electrons. The van der Waals surface area contributed by atoms with Crippen molar-refractivity contribution in [3.63, 3.8) is 0 Å². The average Bonchev–Trinajstić information content (AvgIpc) is 2.40. The molecule has 1 aliphatic rings. The van der Waals surface area contributed by atoms with Crippen LogP contribution >= 0.6 is 0 Å². The molecule has 18 heavy (non-hydrogen) atoms. The molecule has 0 aliphatic carbocycles. The number of sulfonamides is 1. The molecule has 5 nitrogen and oxygen atoms in total. The smallest absolute Gasteiger partial charge is 0.225 e. The molecule has 0 aromatic heterocycles. The van der Waals surface area contributed by atoms with Gasteiger partial charge in [0.15, 0.2) is 0 Å². The number of nitrogens with zero attached hydrogens (tertiary/aromatic N) is 2. The molecule has 0 bridgehead atoms. The van der Waals surface area contributed by atoms with Crippen LogP contribution in [-0.4, -0.2) is 55.5 Å². The predicted molar refractivity (Wildman–Crippen MR) is 71.7 cm³/mol. The van der Waals surface area contributed by atoms with Crippen LogP contribution in [0.4, 0.5) is 0 Å². The van der Waals surface area contributed by atoms with Crippen LogP contribution in [0.3, 0.4) is 0 Å². The van der Waals surface area contributed by atoms with E-state index >= 15 is 0 Å². The van der Waals surface area contributed by atoms with Crippen molar-refractivity contribution in [1.29, 1.82) is 0 Å². The first-order valence-corrected chi connectivity index (χ1v) is 8.33. The fourth-order valence-corrected chi connectivity index (χ4v) is 3.49. The minimum atomic E-state index is -3.09. The van der Waals surface area contributed by atoms with Gasteiger partial charge in [-0.2, -0.15) is 0 Å². The number of amides is 1. The fourth-order valence-electron chi connectivity index (χ4n) is 2.36. The standard InChI is InChI=1S/C12H24N2O3S/c1-4-13(5-2)12(15)11-7-9-14(10-8-11)18(16,17)6-3/h11H,4-10H2,1-3H3. The Morgan fingerprint density at radius 2 is 1.67 bits per heavy atom. The Morgan fingerprint density at radius 1 is 1.17 bits per heavy atom. The summed E-state index contributed by atoms with van der Waals surface area (Å²) in [6.07, 6.45) is 1.29. The molecule has 1 saturated heterocycles. The summed E-state index contributed by atoms with van der Waals surface area (Å²) in [5, 5.41) is 0. The van der Waals surface area contributed by atoms with Crippen LogP contribution in [0.15, 0.2) is 0 Å². The monoisotopic (exact) mass is 276 g/mol. The highest BCUT2D eigenvalue weighted by molar-refractivity contribution is 7.89. The molecule has 1 rings (SSSR count). The summed E-state index contributed by atoms with van der Waals surface area (Å²) in [5.41, 5.74) is 0. The molecule has 0 radical (unpaired) electrons. The molecule has 0 aromatic carbocycles. The minimum absolute atomic E-state index is 0.00629. The minimum Gasteiger partial charge on any atom is -0.343 e. The highest BCUT2D eigenvalue weighted by Gasteiger charge is 2.31. The van der Waals surface area contributed by atoms with Gasteiger partial charge in [0, 0.05) is 32.1 Å². The van der Waals surface area contributed by atoms with Gasteiger partial charge in [0.05, 0.1) is 5.75 Å². The van der Waals surface area contributed by atoms with E-state index in [0.29, 0.717) is 25.9 Å². The maximum Gasteiger partial charge on any atom is 0.225 e. The Bertz CT molecular complexity index is 369. The van der Waals surface area contributed by atoms with E-state index in [1.54, 1.807) is 6.92 Å². The van der Waals surface area contributed by atoms with E-state index in [1.165, 1.54) is 4.31 Å². The fraction of sp³-hybridized carbons (Fsp3) is 0.917. The van der Waals surface area contributed by atoms with E-state index in [2.05, 4.69) is 0 Å². The van der Waals surface area contributed by atoms with Crippen LogP contribution in [0, 0.1) is 5.92 Å². The summed E-state index contributed by atoms with van der Waals surface area (Å²) in [7, 11) is -3.09. The van der Waals surface area contributed by atoms with Gasteiger partial charge < -0.3 is 4.90 Å². The van der Waals surface area contributed by atoms with E-state index in [0.717, 1.165) is 13.1 Å². The summed E-state index contributed by atoms with van der Waals surface area (Å²) in [6, 6.07) is 0. The second kappa shape index (κ2) is 6.52. The maximum absolute atomic E-state index is 12.1. The van der Waals surface area contributed by atoms with Gasteiger partial charge >= 0.3 is 0 Å². The van der Waals surface area contributed by atoms with Crippen molar-refractivity contribution in [1.82, 2.24) is 9.21 Å². The Labute approximate surface area is 110 Å². The van der Waals surface area contributed by atoms with Crippen molar-refractivity contribution in [2.24, 2.45) is 5.92 Å². The number of carbonyl (C=O) groups excluding carboxylic acids is 1. The molecule has 0 aromatic rings. The van der Waals surface area contributed by atoms with Crippen molar-refractivity contribution in [3.8, 4) is 0 Å². The molecule has 1 aliphatic heterocycles. The lowest BCUT2D eigenvalue weighted by molar-refractivity contribution is -0.136. The van der Waals surface area contributed by atoms with E-state index in [9.17, 15) is 13.2 Å². The molecule has 1 heterocycles. The molecule has 0 saturated carbocycles. The summed E-state index contributed by atoms with van der Waals surface area (Å²) in [4.78, 5) is 14.0. The zero-order chi connectivity index (χ0) is 13.8. The quantitative estimate of drug-likeness (QED) is 0.750. The second-order valence-corrected chi connectivity index (χ2v) is 6.84. The van der Waals surface area contributed by atoms with E-state index in [1.807, 2.05) is 18.7 Å². The highest BCUT2D eigenvalue weighted by Crippen LogP contribution is 2.21. The van der Waals surface area contributed by atoms with Gasteiger partial charge in [0.25, 0.3) is 0 Å². The zero-order valence-electron chi connectivity index (χ0n) is 11.6. The maximum atomic E-state index is 12.1. The summed E-state index contributed by atoms with van der Waals surface area (Å²) in [5.74, 6) is 0.309. The van der Waals surface area contributed by atoms with Crippen LogP contribution in [-0.2, 0) is 14.8 Å². The first-order valence-electron chi connectivity index (χ1n) is 6.72. The second-order valence-electron chi connectivity index (χ2n) is 4.58. The lowest BCUT2D eigenvalue weighted by Crippen LogP contribution is -2.44. The Hall–Kier alpha value is -0.620. The summed E-state index contributed by atoms with van der Waals surface area (Å²) in [6.45, 7) is 8.01. The van der Waals surface area contributed by atoms with Crippen LogP contribution in [0.5, 0.6) is 0 Å². The molecule has 6 heteroatoms. The van der Waals surface area contributed by atoms with Gasteiger partial charge in [-0.15, -0.1) is 0 Å². The highest BCUT2D eigenvalue weighted by atomic mass is 32.2. The molecular weight excluding hydrogens is 252 g/mol. The van der Waals surface area contributed by atoms with Crippen LogP contribution < -0.4 is 0 Å². The van der Waals surface area contributed by atoms with E-state index in [4.69, 9.17) is 0 Å². The number of carbonyl (C=O) groups is 1. The summed E-state index contributed by atoms with van der Waals surface area (Å²) < 4.78 is 24.9. The summed E-state index contributed by atoms with van der Waals surface area (Å²) >= 11 is 0. The van der Waals surface area contributed by atoms with Crippen molar-refractivity contribution in [3.05, 3.63) is 0 Å². The zero-order valence-corrected chi connectivity index (χ0v) is 12.4. The lowest BCUT2D eigenvalue weighted by atomic mass is 9.96. The van der Waals surface area contributed by atoms with Gasteiger partial charge in [-0.25, -0.2) is 12.7 Å². The molecule has 1 fully saturated rings. The van der Waals surface area contributed by atoms with Crippen molar-refractivity contribution in [2.75, 3.05) is 31.9 Å². The SMILES string of the molecule is CCN(CC)C(=O)C1CCN(S(=O)(=O)CC)CC1. The lowest BCUT2D eigenvalue weighted by Gasteiger charge is -2.32. The van der Waals surface area contributed by atoms with E-state index < -0.39 is 10.0 Å². The van der Waals surface area contributed by atoms with Gasteiger partial charge in [-0.05, 0) is 33.6 Å². The number of hydrogen-bond acceptors (Lipinski definition) is 3. The van der Waals surface area contributed by atoms with Gasteiger partial charge in [-0.1, -0.05) is 0 Å². The van der Waals surface area contributed by atoms with Gasteiger partial charge in [-0.3, -0.25) is 4.79 Å². The third-order valence-electron chi connectivity index (χ3n) is 3.64. The molecule has 0 atom stereocenters. The molecule has 0 unspecified atom stereocenters. The first-order chi connectivity index (χ1) is 8.46. The van der Waals surface area contributed by atoms with Crippen molar-refractivity contribution in [2.45, 2.75) is 33.6 Å². The first kappa shape index (κ1) is 15.4. The van der Waals surface area contributed by atoms with Gasteiger partial charge in [0.1, 0.15) is 0 Å². The number of rotatable bonds is 5. The molecule has 1 amide bonds. The third-order valence-corrected chi connectivity index (χ3v) is 5.52. The van der Waals surface area contributed by atoms with Crippen LogP contribution in [0.2, 0.25) is 0 Å². The Balaban J connectivity index is 2.57. The molecule has 0 spiro atoms. The van der Waals surface area contributed by atoms with Crippen LogP contribution in [0.25, 0.3) is 0 Å². The topological polar surface area (TPSA) is 57.7 Å². The third kappa shape index (κ3) is 3.45. The Kier molecular flexibility index (Phi) is 5.59. The molecular formula is C12H24N2O3S. The number of hydrogen-bond donors (Lipinski definition) is 0.